The monoisotopic (exact) mass is 649 g/mol. The van der Waals surface area contributed by atoms with Crippen LogP contribution in [-0.2, 0) is 20.7 Å². The van der Waals surface area contributed by atoms with E-state index in [1.54, 1.807) is 18.2 Å². The largest absolute Gasteiger partial charge is 0.490 e. The average Bonchev–Trinajstić information content (AvgIpc) is 3.48. The third-order valence-corrected chi connectivity index (χ3v) is 10.0. The van der Waals surface area contributed by atoms with Crippen LogP contribution in [0.5, 0.6) is 5.75 Å². The Balaban J connectivity index is 1.43. The maximum atomic E-state index is 16.0. The number of hydrogen-bond donors (Lipinski definition) is 2. The summed E-state index contributed by atoms with van der Waals surface area (Å²) in [4.78, 5) is 14.6. The molecule has 5 rings (SSSR count). The second kappa shape index (κ2) is 12.3. The van der Waals surface area contributed by atoms with Crippen molar-refractivity contribution in [3.63, 3.8) is 0 Å². The van der Waals surface area contributed by atoms with Crippen LogP contribution in [0.15, 0.2) is 70.0 Å². The molecular weight excluding hydrogens is 616 g/mol. The van der Waals surface area contributed by atoms with Crippen LogP contribution in [0, 0.1) is 5.92 Å². The molecule has 1 amide bonds. The molecule has 0 radical (unpaired) electrons. The summed E-state index contributed by atoms with van der Waals surface area (Å²) in [7, 11) is -4.52. The summed E-state index contributed by atoms with van der Waals surface area (Å²) in [5.74, 6) is -3.88. The first-order chi connectivity index (χ1) is 19.6. The van der Waals surface area contributed by atoms with E-state index >= 15 is 8.78 Å². The fourth-order valence-electron chi connectivity index (χ4n) is 5.55. The minimum absolute atomic E-state index is 0.180. The van der Waals surface area contributed by atoms with Crippen LogP contribution in [0.4, 0.5) is 8.78 Å². The number of alkyl halides is 2. The number of rotatable bonds is 9. The van der Waals surface area contributed by atoms with E-state index in [0.29, 0.717) is 35.0 Å². The van der Waals surface area contributed by atoms with Gasteiger partial charge in [-0.3, -0.25) is 4.79 Å². The lowest BCUT2D eigenvalue weighted by atomic mass is 9.95. The highest BCUT2D eigenvalue weighted by atomic mass is 79.9. The van der Waals surface area contributed by atoms with E-state index in [-0.39, 0.29) is 30.0 Å². The third-order valence-electron chi connectivity index (χ3n) is 8.07. The van der Waals surface area contributed by atoms with E-state index in [9.17, 15) is 13.2 Å². The topological polar surface area (TPSA) is 102 Å². The van der Waals surface area contributed by atoms with E-state index in [2.05, 4.69) is 20.7 Å². The predicted octanol–water partition coefficient (Wildman–Crippen LogP) is 5.56. The van der Waals surface area contributed by atoms with Gasteiger partial charge in [-0.2, -0.15) is 13.5 Å². The second-order valence-corrected chi connectivity index (χ2v) is 13.5. The number of sulfonamides is 1. The molecule has 0 spiro atoms. The zero-order valence-electron chi connectivity index (χ0n) is 22.6. The van der Waals surface area contributed by atoms with Crippen molar-refractivity contribution in [2.45, 2.75) is 61.5 Å². The van der Waals surface area contributed by atoms with Gasteiger partial charge in [0.2, 0.25) is 15.9 Å². The summed E-state index contributed by atoms with van der Waals surface area (Å²) in [5, 5.41) is 1.37. The van der Waals surface area contributed by atoms with E-state index < -0.39 is 33.5 Å². The molecule has 11 heteroatoms. The predicted molar refractivity (Wildman–Crippen MR) is 157 cm³/mol. The molecule has 2 aliphatic rings. The van der Waals surface area contributed by atoms with Crippen LogP contribution in [0.2, 0.25) is 0 Å². The highest BCUT2D eigenvalue weighted by Gasteiger charge is 2.50. The van der Waals surface area contributed by atoms with Gasteiger partial charge in [-0.25, -0.2) is 8.42 Å². The zero-order chi connectivity index (χ0) is 29.2. The number of carbonyl (C=O) groups excluding carboxylic acids is 1. The van der Waals surface area contributed by atoms with Gasteiger partial charge >= 0.3 is 0 Å². The van der Waals surface area contributed by atoms with Crippen LogP contribution >= 0.6 is 15.9 Å². The zero-order valence-corrected chi connectivity index (χ0v) is 25.0. The molecule has 1 atom stereocenters. The molecule has 0 bridgehead atoms. The molecular formula is C30H34BrF2N3O4S. The van der Waals surface area contributed by atoms with Crippen molar-refractivity contribution >= 4 is 42.6 Å². The first-order valence-electron chi connectivity index (χ1n) is 13.9. The number of carbonyl (C=O) groups is 1. The molecule has 3 N–H and O–H groups in total. The number of hydrogen-bond acceptors (Lipinski definition) is 5. The number of likely N-dealkylation sites (tertiary alicyclic amines) is 1. The van der Waals surface area contributed by atoms with Gasteiger partial charge in [0, 0.05) is 23.1 Å². The fraction of sp³-hybridized carbons (Fsp3) is 0.433. The van der Waals surface area contributed by atoms with Gasteiger partial charge in [-0.1, -0.05) is 40.2 Å². The van der Waals surface area contributed by atoms with Crippen molar-refractivity contribution in [1.82, 2.24) is 9.62 Å². The molecule has 3 aromatic carbocycles. The molecule has 1 saturated carbocycles. The van der Waals surface area contributed by atoms with Gasteiger partial charge < -0.3 is 15.4 Å². The Kier molecular flexibility index (Phi) is 8.98. The lowest BCUT2D eigenvalue weighted by molar-refractivity contribution is -0.145. The summed E-state index contributed by atoms with van der Waals surface area (Å²) in [6.45, 7) is 0.913. The Morgan fingerprint density at radius 1 is 1.00 bits per heavy atom. The Morgan fingerprint density at radius 3 is 2.29 bits per heavy atom. The quantitative estimate of drug-likeness (QED) is 0.316. The minimum atomic E-state index is -4.52. The van der Waals surface area contributed by atoms with Crippen molar-refractivity contribution < 1.29 is 26.7 Å². The number of fused-ring (bicyclic) bond motifs is 1. The number of piperidine rings is 1. The summed E-state index contributed by atoms with van der Waals surface area (Å²) in [6, 6.07) is 12.7. The SMILES string of the molecule is NCC1CCN(C(=O)[C@H](NS(=O)(=O)c2ccc3cc(OC4CCCC4)ccc3c2)C(F)(F)c2ccc(Br)cc2)CC1. The Labute approximate surface area is 247 Å². The molecule has 1 saturated heterocycles. The van der Waals surface area contributed by atoms with Gasteiger partial charge in [-0.15, -0.1) is 0 Å². The van der Waals surface area contributed by atoms with Gasteiger partial charge in [0.15, 0.2) is 6.04 Å². The van der Waals surface area contributed by atoms with Gasteiger partial charge in [0.25, 0.3) is 5.92 Å². The number of nitrogens with one attached hydrogen (secondary N) is 1. The van der Waals surface area contributed by atoms with E-state index in [1.165, 1.54) is 41.3 Å². The van der Waals surface area contributed by atoms with Crippen molar-refractivity contribution in [3.8, 4) is 5.75 Å². The van der Waals surface area contributed by atoms with E-state index in [4.69, 9.17) is 10.5 Å². The first-order valence-corrected chi connectivity index (χ1v) is 16.2. The molecule has 0 unspecified atom stereocenters. The van der Waals surface area contributed by atoms with Crippen LogP contribution in [-0.4, -0.2) is 51.0 Å². The number of halogens is 3. The second-order valence-electron chi connectivity index (χ2n) is 10.9. The highest BCUT2D eigenvalue weighted by molar-refractivity contribution is 9.10. The van der Waals surface area contributed by atoms with Gasteiger partial charge in [0.1, 0.15) is 5.75 Å². The lowest BCUT2D eigenvalue weighted by Crippen LogP contribution is -2.57. The highest BCUT2D eigenvalue weighted by Crippen LogP contribution is 2.35. The van der Waals surface area contributed by atoms with Crippen LogP contribution in [0.25, 0.3) is 10.8 Å². The molecule has 220 valence electrons. The van der Waals surface area contributed by atoms with Crippen molar-refractivity contribution in [2.24, 2.45) is 11.7 Å². The molecule has 0 aromatic heterocycles. The van der Waals surface area contributed by atoms with Gasteiger partial charge in [-0.05, 0) is 98.2 Å². The number of ether oxygens (including phenoxy) is 1. The van der Waals surface area contributed by atoms with E-state index in [1.807, 2.05) is 6.07 Å². The summed E-state index contributed by atoms with van der Waals surface area (Å²) >= 11 is 3.23. The lowest BCUT2D eigenvalue weighted by Gasteiger charge is -2.36. The summed E-state index contributed by atoms with van der Waals surface area (Å²) in [6.07, 6.45) is 5.63. The average molecular weight is 651 g/mol. The summed E-state index contributed by atoms with van der Waals surface area (Å²) in [5.41, 5.74) is 5.28. The molecule has 2 fully saturated rings. The maximum Gasteiger partial charge on any atom is 0.298 e. The Hall–Kier alpha value is -2.60. The van der Waals surface area contributed by atoms with Crippen LogP contribution < -0.4 is 15.2 Å². The molecule has 1 aliphatic carbocycles. The normalized spacial score (nSPS) is 18.1. The van der Waals surface area contributed by atoms with Crippen molar-refractivity contribution in [1.29, 1.82) is 0 Å². The molecule has 1 heterocycles. The molecule has 7 nitrogen and oxygen atoms in total. The smallest absolute Gasteiger partial charge is 0.298 e. The number of benzene rings is 3. The number of amides is 1. The van der Waals surface area contributed by atoms with Crippen molar-refractivity contribution in [3.05, 3.63) is 70.7 Å². The fourth-order valence-corrected chi connectivity index (χ4v) is 7.04. The number of nitrogens with two attached hydrogens (primary N) is 1. The summed E-state index contributed by atoms with van der Waals surface area (Å²) < 4.78 is 67.8. The molecule has 41 heavy (non-hydrogen) atoms. The Bertz CT molecular complexity index is 1490. The Morgan fingerprint density at radius 2 is 1.63 bits per heavy atom. The molecule has 3 aromatic rings. The van der Waals surface area contributed by atoms with Crippen LogP contribution in [0.1, 0.15) is 44.1 Å². The maximum absolute atomic E-state index is 16.0. The van der Waals surface area contributed by atoms with Crippen molar-refractivity contribution in [2.75, 3.05) is 19.6 Å². The third kappa shape index (κ3) is 6.74. The minimum Gasteiger partial charge on any atom is -0.490 e. The van der Waals surface area contributed by atoms with E-state index in [0.717, 1.165) is 31.1 Å². The van der Waals surface area contributed by atoms with Gasteiger partial charge in [0.05, 0.1) is 11.0 Å². The molecule has 1 aliphatic heterocycles. The first kappa shape index (κ1) is 29.9. The number of nitrogens with zero attached hydrogens (tertiary/aromatic N) is 1. The standard InChI is InChI=1S/C30H34BrF2N3O4S/c31-24-9-7-23(8-10-24)30(32,33)28(29(37)36-15-13-20(19-34)14-16-36)35-41(38,39)27-12-6-21-17-26(11-5-22(21)18-27)40-25-3-1-2-4-25/h5-12,17-18,20,25,28,35H,1-4,13-16,19,34H2/t28-/m0/s1. The van der Waals surface area contributed by atoms with Crippen LogP contribution in [0.3, 0.4) is 0 Å².